The van der Waals surface area contributed by atoms with Gasteiger partial charge in [-0.25, -0.2) is 9.97 Å². The number of halogens is 2. The molecular formula is C22H27Cl2N3. The van der Waals surface area contributed by atoms with E-state index in [4.69, 9.17) is 33.2 Å². The summed E-state index contributed by atoms with van der Waals surface area (Å²) in [6.45, 7) is 7.67. The second kappa shape index (κ2) is 7.60. The van der Waals surface area contributed by atoms with Crippen molar-refractivity contribution in [2.75, 3.05) is 11.4 Å². The average Bonchev–Trinajstić information content (AvgIpc) is 2.65. The lowest BCUT2D eigenvalue weighted by Crippen LogP contribution is -2.42. The highest BCUT2D eigenvalue weighted by atomic mass is 35.5. The molecule has 0 radical (unpaired) electrons. The quantitative estimate of drug-likeness (QED) is 0.582. The monoisotopic (exact) mass is 403 g/mol. The van der Waals surface area contributed by atoms with Crippen LogP contribution in [-0.4, -0.2) is 22.6 Å². The van der Waals surface area contributed by atoms with Gasteiger partial charge < -0.3 is 4.90 Å². The molecule has 0 saturated heterocycles. The van der Waals surface area contributed by atoms with Crippen LogP contribution >= 0.6 is 23.2 Å². The fraction of sp³-hybridized carbons (Fsp3) is 0.545. The van der Waals surface area contributed by atoms with E-state index in [-0.39, 0.29) is 5.92 Å². The van der Waals surface area contributed by atoms with Crippen LogP contribution in [0.5, 0.6) is 0 Å². The van der Waals surface area contributed by atoms with Crippen molar-refractivity contribution in [2.24, 2.45) is 0 Å². The fourth-order valence-electron chi connectivity index (χ4n) is 4.97. The number of benzene rings is 1. The summed E-state index contributed by atoms with van der Waals surface area (Å²) >= 11 is 12.7. The summed E-state index contributed by atoms with van der Waals surface area (Å²) in [5.41, 5.74) is 3.70. The van der Waals surface area contributed by atoms with Gasteiger partial charge in [-0.05, 0) is 62.6 Å². The van der Waals surface area contributed by atoms with Crippen molar-refractivity contribution in [2.45, 2.75) is 70.8 Å². The smallest absolute Gasteiger partial charge is 0.136 e. The summed E-state index contributed by atoms with van der Waals surface area (Å²) in [7, 11) is 0. The highest BCUT2D eigenvalue weighted by molar-refractivity contribution is 6.35. The highest BCUT2D eigenvalue weighted by Crippen LogP contribution is 2.49. The Hall–Kier alpha value is -1.32. The van der Waals surface area contributed by atoms with Gasteiger partial charge in [-0.2, -0.15) is 0 Å². The van der Waals surface area contributed by atoms with E-state index >= 15 is 0 Å². The van der Waals surface area contributed by atoms with Crippen LogP contribution < -0.4 is 4.90 Å². The summed E-state index contributed by atoms with van der Waals surface area (Å²) < 4.78 is 0. The molecule has 5 heteroatoms. The van der Waals surface area contributed by atoms with Crippen LogP contribution in [0.25, 0.3) is 0 Å². The van der Waals surface area contributed by atoms with E-state index in [1.807, 2.05) is 19.1 Å². The number of rotatable bonds is 4. The lowest BCUT2D eigenvalue weighted by atomic mass is 9.74. The Morgan fingerprint density at radius 2 is 1.89 bits per heavy atom. The zero-order valence-corrected chi connectivity index (χ0v) is 17.8. The summed E-state index contributed by atoms with van der Waals surface area (Å²) in [5, 5.41) is 1.42. The van der Waals surface area contributed by atoms with Crippen molar-refractivity contribution < 1.29 is 0 Å². The highest BCUT2D eigenvalue weighted by Gasteiger charge is 2.38. The van der Waals surface area contributed by atoms with E-state index in [1.165, 1.54) is 29.9 Å². The molecule has 144 valence electrons. The molecule has 2 aliphatic rings. The van der Waals surface area contributed by atoms with Crippen LogP contribution in [0, 0.1) is 6.92 Å². The van der Waals surface area contributed by atoms with E-state index in [0.717, 1.165) is 42.2 Å². The molecule has 4 rings (SSSR count). The van der Waals surface area contributed by atoms with Crippen molar-refractivity contribution in [3.8, 4) is 0 Å². The van der Waals surface area contributed by atoms with Gasteiger partial charge in [0.15, 0.2) is 0 Å². The van der Waals surface area contributed by atoms with Gasteiger partial charge in [-0.1, -0.05) is 43.1 Å². The number of hydrogen-bond acceptors (Lipinski definition) is 3. The van der Waals surface area contributed by atoms with Gasteiger partial charge in [0.05, 0.1) is 5.69 Å². The molecule has 1 aromatic carbocycles. The molecule has 0 saturated carbocycles. The molecule has 27 heavy (non-hydrogen) atoms. The number of anilines is 1. The van der Waals surface area contributed by atoms with E-state index in [0.29, 0.717) is 17.0 Å². The van der Waals surface area contributed by atoms with Crippen LogP contribution in [0.4, 0.5) is 5.82 Å². The normalized spacial score (nSPS) is 21.5. The molecule has 0 fully saturated rings. The van der Waals surface area contributed by atoms with Crippen LogP contribution in [0.1, 0.15) is 80.4 Å². The van der Waals surface area contributed by atoms with Crippen molar-refractivity contribution in [3.63, 3.8) is 0 Å². The first-order valence-corrected chi connectivity index (χ1v) is 10.9. The lowest BCUT2D eigenvalue weighted by molar-refractivity contribution is 0.431. The van der Waals surface area contributed by atoms with Gasteiger partial charge in [0.2, 0.25) is 0 Å². The maximum Gasteiger partial charge on any atom is 0.136 e. The zero-order chi connectivity index (χ0) is 19.1. The Morgan fingerprint density at radius 3 is 2.59 bits per heavy atom. The van der Waals surface area contributed by atoms with Gasteiger partial charge in [-0.15, -0.1) is 0 Å². The second-order valence-electron chi connectivity index (χ2n) is 7.84. The number of hydrogen-bond donors (Lipinski definition) is 0. The van der Waals surface area contributed by atoms with Crippen molar-refractivity contribution in [1.29, 1.82) is 0 Å². The third-order valence-corrected chi connectivity index (χ3v) is 6.88. The predicted molar refractivity (Wildman–Crippen MR) is 113 cm³/mol. The molecule has 2 unspecified atom stereocenters. The van der Waals surface area contributed by atoms with Gasteiger partial charge in [0.1, 0.15) is 11.6 Å². The van der Waals surface area contributed by atoms with Crippen molar-refractivity contribution in [3.05, 3.63) is 50.9 Å². The molecular weight excluding hydrogens is 377 g/mol. The maximum absolute atomic E-state index is 6.58. The van der Waals surface area contributed by atoms with E-state index in [1.54, 1.807) is 0 Å². The second-order valence-corrected chi connectivity index (χ2v) is 8.68. The summed E-state index contributed by atoms with van der Waals surface area (Å²) in [6, 6.07) is 6.40. The first-order chi connectivity index (χ1) is 13.0. The van der Waals surface area contributed by atoms with Crippen LogP contribution in [0.3, 0.4) is 0 Å². The Kier molecular flexibility index (Phi) is 5.35. The topological polar surface area (TPSA) is 29.0 Å². The van der Waals surface area contributed by atoms with Crippen molar-refractivity contribution >= 4 is 29.0 Å². The Labute approximate surface area is 172 Å². The first kappa shape index (κ1) is 19.0. The van der Waals surface area contributed by atoms with Crippen LogP contribution in [0.15, 0.2) is 18.2 Å². The minimum Gasteiger partial charge on any atom is -0.353 e. The molecule has 1 aliphatic carbocycles. The third-order valence-electron chi connectivity index (χ3n) is 6.32. The average molecular weight is 404 g/mol. The maximum atomic E-state index is 6.58. The third kappa shape index (κ3) is 3.34. The molecule has 2 heterocycles. The molecule has 1 aliphatic heterocycles. The number of nitrogens with zero attached hydrogens (tertiary/aromatic N) is 3. The molecule has 0 bridgehead atoms. The van der Waals surface area contributed by atoms with Crippen LogP contribution in [-0.2, 0) is 0 Å². The summed E-state index contributed by atoms with van der Waals surface area (Å²) in [5.74, 6) is 2.83. The fourth-order valence-corrected chi connectivity index (χ4v) is 5.51. The lowest BCUT2D eigenvalue weighted by Gasteiger charge is -2.43. The first-order valence-electron chi connectivity index (χ1n) is 10.1. The SMILES string of the molecule is CCC(CC)N1CCC2CCC(c3ccc(Cl)cc3Cl)c3nc(C)nc1c32. The molecule has 0 spiro atoms. The van der Waals surface area contributed by atoms with Crippen molar-refractivity contribution in [1.82, 2.24) is 9.97 Å². The minimum atomic E-state index is 0.225. The molecule has 3 nitrogen and oxygen atoms in total. The molecule has 2 aromatic rings. The van der Waals surface area contributed by atoms with Gasteiger partial charge >= 0.3 is 0 Å². The summed E-state index contributed by atoms with van der Waals surface area (Å²) in [4.78, 5) is 12.4. The molecule has 1 aromatic heterocycles. The standard InChI is InChI=1S/C22H27Cl2N3/c1-4-16(5-2)27-11-10-14-6-8-18(17-9-7-15(23)12-19(17)24)21-20(14)22(27)26-13(3)25-21/h7,9,12,14,16,18H,4-6,8,10-11H2,1-3H3. The Morgan fingerprint density at radius 1 is 1.11 bits per heavy atom. The van der Waals surface area contributed by atoms with Gasteiger partial charge in [0.25, 0.3) is 0 Å². The van der Waals surface area contributed by atoms with E-state index in [9.17, 15) is 0 Å². The number of aryl methyl sites for hydroxylation is 1. The summed E-state index contributed by atoms with van der Waals surface area (Å²) in [6.07, 6.45) is 5.74. The molecule has 0 N–H and O–H groups in total. The predicted octanol–water partition coefficient (Wildman–Crippen LogP) is 6.50. The Balaban J connectivity index is 1.85. The minimum absolute atomic E-state index is 0.225. The zero-order valence-electron chi connectivity index (χ0n) is 16.3. The number of aromatic nitrogens is 2. The largest absolute Gasteiger partial charge is 0.353 e. The molecule has 0 amide bonds. The van der Waals surface area contributed by atoms with Crippen LogP contribution in [0.2, 0.25) is 10.0 Å². The molecule has 2 atom stereocenters. The van der Waals surface area contributed by atoms with Gasteiger partial charge in [0, 0.05) is 34.1 Å². The van der Waals surface area contributed by atoms with Gasteiger partial charge in [-0.3, -0.25) is 0 Å². The Bertz CT molecular complexity index is 848. The van der Waals surface area contributed by atoms with E-state index in [2.05, 4.69) is 24.8 Å². The van der Waals surface area contributed by atoms with E-state index < -0.39 is 0 Å².